The Labute approximate surface area is 162 Å². The number of carbonyl (C=O) groups excluding carboxylic acids is 1. The molecule has 0 radical (unpaired) electrons. The molecule has 0 unspecified atom stereocenters. The third-order valence-corrected chi connectivity index (χ3v) is 4.70. The minimum absolute atomic E-state index is 0.338. The van der Waals surface area contributed by atoms with E-state index in [1.807, 2.05) is 57.2 Å². The zero-order valence-electron chi connectivity index (χ0n) is 15.2. The number of rotatable bonds is 4. The molecule has 0 fully saturated rings. The van der Waals surface area contributed by atoms with E-state index in [9.17, 15) is 4.79 Å². The van der Waals surface area contributed by atoms with Crippen LogP contribution in [0.4, 0.5) is 0 Å². The molecule has 0 aliphatic carbocycles. The second-order valence-corrected chi connectivity index (χ2v) is 8.03. The summed E-state index contributed by atoms with van der Waals surface area (Å²) in [7, 11) is 0. The van der Waals surface area contributed by atoms with Crippen LogP contribution in [0.2, 0.25) is 0 Å². The molecule has 0 aliphatic heterocycles. The summed E-state index contributed by atoms with van der Waals surface area (Å²) in [5.41, 5.74) is 2.78. The number of aromatic nitrogens is 1. The van der Waals surface area contributed by atoms with Crippen molar-refractivity contribution in [3.8, 4) is 0 Å². The van der Waals surface area contributed by atoms with Gasteiger partial charge in [0.1, 0.15) is 5.60 Å². The zero-order valence-corrected chi connectivity index (χ0v) is 16.8. The Bertz CT molecular complexity index is 964. The molecule has 3 rings (SSSR count). The molecule has 134 valence electrons. The van der Waals surface area contributed by atoms with E-state index in [2.05, 4.69) is 44.8 Å². The lowest BCUT2D eigenvalue weighted by Crippen LogP contribution is -2.22. The van der Waals surface area contributed by atoms with Crippen molar-refractivity contribution >= 4 is 38.9 Å². The van der Waals surface area contributed by atoms with Crippen molar-refractivity contribution in [1.29, 1.82) is 0 Å². The van der Waals surface area contributed by atoms with Gasteiger partial charge in [0.15, 0.2) is 0 Å². The van der Waals surface area contributed by atoms with Crippen molar-refractivity contribution in [2.75, 3.05) is 0 Å². The first-order valence-corrected chi connectivity index (χ1v) is 9.35. The van der Waals surface area contributed by atoms with Crippen LogP contribution in [0, 0.1) is 0 Å². The predicted octanol–water partition coefficient (Wildman–Crippen LogP) is 5.81. The molecule has 4 heteroatoms. The number of benzene rings is 2. The lowest BCUT2D eigenvalue weighted by atomic mass is 10.2. The van der Waals surface area contributed by atoms with E-state index in [0.29, 0.717) is 6.54 Å². The zero-order chi connectivity index (χ0) is 18.7. The molecule has 0 saturated carbocycles. The van der Waals surface area contributed by atoms with Crippen LogP contribution in [0.25, 0.3) is 17.0 Å². The average Bonchev–Trinajstić information content (AvgIpc) is 2.91. The summed E-state index contributed by atoms with van der Waals surface area (Å²) in [5.74, 6) is -0.338. The summed E-state index contributed by atoms with van der Waals surface area (Å²) < 4.78 is 8.64. The number of para-hydroxylation sites is 1. The molecule has 3 nitrogen and oxygen atoms in total. The monoisotopic (exact) mass is 411 g/mol. The highest BCUT2D eigenvalue weighted by Gasteiger charge is 2.14. The minimum atomic E-state index is -0.497. The molecule has 26 heavy (non-hydrogen) atoms. The van der Waals surface area contributed by atoms with E-state index in [1.165, 1.54) is 11.6 Å². The maximum atomic E-state index is 12.0. The van der Waals surface area contributed by atoms with Crippen molar-refractivity contribution in [3.63, 3.8) is 0 Å². The topological polar surface area (TPSA) is 31.2 Å². The van der Waals surface area contributed by atoms with E-state index in [1.54, 1.807) is 0 Å². The van der Waals surface area contributed by atoms with Gasteiger partial charge < -0.3 is 9.30 Å². The molecule has 0 atom stereocenters. The van der Waals surface area contributed by atoms with Crippen LogP contribution in [0.5, 0.6) is 0 Å². The Balaban J connectivity index is 1.97. The van der Waals surface area contributed by atoms with Crippen LogP contribution in [0.15, 0.2) is 65.1 Å². The number of hydrogen-bond acceptors (Lipinski definition) is 2. The molecule has 0 bridgehead atoms. The standard InChI is InChI=1S/C22H22BrNO2/c1-22(2,3)26-21(25)13-12-18-14-16-8-5-7-11-20(16)24(18)15-17-9-4-6-10-19(17)23/h4-14H,15H2,1-3H3. The van der Waals surface area contributed by atoms with Gasteiger partial charge >= 0.3 is 5.97 Å². The second-order valence-electron chi connectivity index (χ2n) is 7.17. The molecular weight excluding hydrogens is 390 g/mol. The summed E-state index contributed by atoms with van der Waals surface area (Å²) in [6, 6.07) is 18.5. The Morgan fingerprint density at radius 3 is 2.54 bits per heavy atom. The van der Waals surface area contributed by atoms with Crippen molar-refractivity contribution in [2.45, 2.75) is 32.9 Å². The molecule has 0 spiro atoms. The second kappa shape index (κ2) is 7.50. The normalized spacial score (nSPS) is 12.0. The first kappa shape index (κ1) is 18.5. The highest BCUT2D eigenvalue weighted by Crippen LogP contribution is 2.25. The van der Waals surface area contributed by atoms with Gasteiger partial charge in [0.2, 0.25) is 0 Å². The third-order valence-electron chi connectivity index (χ3n) is 3.93. The number of hydrogen-bond donors (Lipinski definition) is 0. The Morgan fingerprint density at radius 2 is 1.81 bits per heavy atom. The van der Waals surface area contributed by atoms with Gasteiger partial charge in [-0.05, 0) is 50.6 Å². The fourth-order valence-corrected chi connectivity index (χ4v) is 3.24. The number of halogens is 1. The van der Waals surface area contributed by atoms with Gasteiger partial charge in [-0.1, -0.05) is 52.3 Å². The molecule has 3 aromatic rings. The number of carbonyl (C=O) groups is 1. The number of nitrogens with zero attached hydrogens (tertiary/aromatic N) is 1. The molecule has 1 heterocycles. The van der Waals surface area contributed by atoms with Crippen molar-refractivity contribution in [3.05, 3.63) is 76.4 Å². The Hall–Kier alpha value is -2.33. The fraction of sp³-hybridized carbons (Fsp3) is 0.227. The summed E-state index contributed by atoms with van der Waals surface area (Å²) >= 11 is 3.62. The van der Waals surface area contributed by atoms with Crippen LogP contribution < -0.4 is 0 Å². The molecular formula is C22H22BrNO2. The van der Waals surface area contributed by atoms with Crippen LogP contribution in [-0.2, 0) is 16.1 Å². The molecule has 1 aromatic heterocycles. The summed E-state index contributed by atoms with van der Waals surface area (Å²) in [5, 5.41) is 1.14. The largest absolute Gasteiger partial charge is 0.457 e. The molecule has 0 amide bonds. The highest BCUT2D eigenvalue weighted by molar-refractivity contribution is 9.10. The van der Waals surface area contributed by atoms with Crippen LogP contribution in [-0.4, -0.2) is 16.1 Å². The predicted molar refractivity (Wildman–Crippen MR) is 110 cm³/mol. The van der Waals surface area contributed by atoms with Crippen molar-refractivity contribution in [1.82, 2.24) is 4.57 Å². The average molecular weight is 412 g/mol. The SMILES string of the molecule is CC(C)(C)OC(=O)C=Cc1cc2ccccc2n1Cc1ccccc1Br. The van der Waals surface area contributed by atoms with Gasteiger partial charge in [-0.3, -0.25) is 0 Å². The summed E-state index contributed by atoms with van der Waals surface area (Å²) in [6.45, 7) is 6.30. The molecule has 2 aromatic carbocycles. The molecule has 0 saturated heterocycles. The van der Waals surface area contributed by atoms with Crippen LogP contribution >= 0.6 is 15.9 Å². The van der Waals surface area contributed by atoms with Gasteiger partial charge in [-0.25, -0.2) is 4.79 Å². The third kappa shape index (κ3) is 4.44. The van der Waals surface area contributed by atoms with Gasteiger partial charge in [-0.15, -0.1) is 0 Å². The quantitative estimate of drug-likeness (QED) is 0.400. The van der Waals surface area contributed by atoms with Crippen molar-refractivity contribution in [2.24, 2.45) is 0 Å². The summed E-state index contributed by atoms with van der Waals surface area (Å²) in [4.78, 5) is 12.0. The molecule has 0 aliphatic rings. The Kier molecular flexibility index (Phi) is 5.33. The lowest BCUT2D eigenvalue weighted by molar-refractivity contribution is -0.148. The van der Waals surface area contributed by atoms with E-state index >= 15 is 0 Å². The van der Waals surface area contributed by atoms with Crippen molar-refractivity contribution < 1.29 is 9.53 Å². The van der Waals surface area contributed by atoms with Gasteiger partial charge in [0, 0.05) is 33.7 Å². The van der Waals surface area contributed by atoms with E-state index in [4.69, 9.17) is 4.74 Å². The van der Waals surface area contributed by atoms with Gasteiger partial charge in [0.25, 0.3) is 0 Å². The Morgan fingerprint density at radius 1 is 1.12 bits per heavy atom. The van der Waals surface area contributed by atoms with Gasteiger partial charge in [0.05, 0.1) is 0 Å². The number of esters is 1. The first-order chi connectivity index (χ1) is 12.3. The molecule has 0 N–H and O–H groups in total. The van der Waals surface area contributed by atoms with E-state index in [-0.39, 0.29) is 5.97 Å². The summed E-state index contributed by atoms with van der Waals surface area (Å²) in [6.07, 6.45) is 3.32. The lowest BCUT2D eigenvalue weighted by Gasteiger charge is -2.18. The number of fused-ring (bicyclic) bond motifs is 1. The smallest absolute Gasteiger partial charge is 0.331 e. The first-order valence-electron chi connectivity index (χ1n) is 8.56. The maximum Gasteiger partial charge on any atom is 0.331 e. The number of ether oxygens (including phenoxy) is 1. The highest BCUT2D eigenvalue weighted by atomic mass is 79.9. The van der Waals surface area contributed by atoms with Crippen LogP contribution in [0.3, 0.4) is 0 Å². The fourth-order valence-electron chi connectivity index (χ4n) is 2.83. The van der Waals surface area contributed by atoms with Gasteiger partial charge in [-0.2, -0.15) is 0 Å². The minimum Gasteiger partial charge on any atom is -0.457 e. The van der Waals surface area contributed by atoms with E-state index < -0.39 is 5.60 Å². The van der Waals surface area contributed by atoms with E-state index in [0.717, 1.165) is 21.1 Å². The maximum absolute atomic E-state index is 12.0. The van der Waals surface area contributed by atoms with Crippen LogP contribution in [0.1, 0.15) is 32.0 Å².